The van der Waals surface area contributed by atoms with Gasteiger partial charge in [0.05, 0.1) is 11.9 Å². The molecule has 0 unspecified atom stereocenters. The van der Waals surface area contributed by atoms with Crippen LogP contribution in [0, 0.1) is 0 Å². The summed E-state index contributed by atoms with van der Waals surface area (Å²) in [7, 11) is -3.97. The number of nitrogens with one attached hydrogen (secondary N) is 1. The van der Waals surface area contributed by atoms with Gasteiger partial charge in [-0.15, -0.1) is 0 Å². The van der Waals surface area contributed by atoms with Gasteiger partial charge in [0.1, 0.15) is 12.6 Å². The first-order valence-electron chi connectivity index (χ1n) is 14.6. The highest BCUT2D eigenvalue weighted by Crippen LogP contribution is 2.26. The number of carbonyl (C=O) groups excluding carboxylic acids is 3. The number of sulfonamides is 1. The third-order valence-corrected chi connectivity index (χ3v) is 9.53. The number of ketones is 1. The summed E-state index contributed by atoms with van der Waals surface area (Å²) in [5, 5.41) is 3.90. The van der Waals surface area contributed by atoms with Gasteiger partial charge in [-0.3, -0.25) is 18.7 Å². The Bertz CT molecular complexity index is 1590. The van der Waals surface area contributed by atoms with Gasteiger partial charge >= 0.3 is 0 Å². The molecule has 1 saturated carbocycles. The van der Waals surface area contributed by atoms with Gasteiger partial charge in [0, 0.05) is 34.6 Å². The van der Waals surface area contributed by atoms with Crippen LogP contribution in [0.2, 0.25) is 10.0 Å². The van der Waals surface area contributed by atoms with Crippen molar-refractivity contribution >= 4 is 56.5 Å². The lowest BCUT2D eigenvalue weighted by molar-refractivity contribution is -0.140. The summed E-state index contributed by atoms with van der Waals surface area (Å²) in [4.78, 5) is 41.8. The molecule has 8 nitrogen and oxygen atoms in total. The normalized spacial score (nSPS) is 14.5. The van der Waals surface area contributed by atoms with Gasteiger partial charge in [0.2, 0.25) is 21.8 Å². The summed E-state index contributed by atoms with van der Waals surface area (Å²) in [6.45, 7) is 0.731. The van der Waals surface area contributed by atoms with E-state index in [0.29, 0.717) is 21.2 Å². The van der Waals surface area contributed by atoms with Crippen molar-refractivity contribution in [2.24, 2.45) is 0 Å². The highest BCUT2D eigenvalue weighted by molar-refractivity contribution is 7.92. The maximum Gasteiger partial charge on any atom is 0.244 e. The van der Waals surface area contributed by atoms with Crippen LogP contribution < -0.4 is 9.62 Å². The zero-order valence-corrected chi connectivity index (χ0v) is 27.2. The standard InChI is InChI=1S/C33H37Cl2N3O5S/c1-23(39)25-12-9-15-29(19-25)38(44(2,42)43)22-32(40)37(21-26-16-17-27(34)20-30(26)35)31(18-24-10-5-3-6-11-24)33(41)36-28-13-7-4-8-14-28/h3,5-6,9-12,15-17,19-20,28,31H,4,7-8,13-14,18,21-22H2,1-2H3,(H,36,41)/t31-/m1/s1. The number of Topliss-reactive ketones (excluding diaryl/α,β-unsaturated/α-hetero) is 1. The Kier molecular flexibility index (Phi) is 11.5. The number of carbonyl (C=O) groups is 3. The van der Waals surface area contributed by atoms with Crippen molar-refractivity contribution in [1.82, 2.24) is 10.2 Å². The van der Waals surface area contributed by atoms with Crippen LogP contribution in [-0.2, 0) is 32.6 Å². The molecular weight excluding hydrogens is 621 g/mol. The van der Waals surface area contributed by atoms with E-state index < -0.39 is 28.5 Å². The van der Waals surface area contributed by atoms with E-state index in [9.17, 15) is 22.8 Å². The van der Waals surface area contributed by atoms with Gasteiger partial charge in [-0.05, 0) is 55.2 Å². The van der Waals surface area contributed by atoms with E-state index >= 15 is 0 Å². The summed E-state index contributed by atoms with van der Waals surface area (Å²) in [5.74, 6) is -1.16. The predicted molar refractivity (Wildman–Crippen MR) is 175 cm³/mol. The highest BCUT2D eigenvalue weighted by atomic mass is 35.5. The average molecular weight is 659 g/mol. The molecule has 0 aliphatic heterocycles. The number of nitrogens with zero attached hydrogens (tertiary/aromatic N) is 2. The van der Waals surface area contributed by atoms with Crippen LogP contribution in [0.4, 0.5) is 5.69 Å². The number of halogens is 2. The van der Waals surface area contributed by atoms with Gasteiger partial charge in [0.25, 0.3) is 0 Å². The van der Waals surface area contributed by atoms with Crippen LogP contribution in [-0.4, -0.2) is 55.8 Å². The van der Waals surface area contributed by atoms with Crippen LogP contribution in [0.5, 0.6) is 0 Å². The second-order valence-electron chi connectivity index (χ2n) is 11.2. The Morgan fingerprint density at radius 2 is 1.64 bits per heavy atom. The number of hydrogen-bond acceptors (Lipinski definition) is 5. The number of anilines is 1. The number of benzene rings is 3. The molecule has 1 atom stereocenters. The summed E-state index contributed by atoms with van der Waals surface area (Å²) in [6, 6.07) is 19.4. The number of amides is 2. The molecule has 11 heteroatoms. The molecule has 0 spiro atoms. The summed E-state index contributed by atoms with van der Waals surface area (Å²) >= 11 is 12.7. The molecule has 0 heterocycles. The van der Waals surface area contributed by atoms with E-state index in [1.165, 1.54) is 24.0 Å². The van der Waals surface area contributed by atoms with Crippen molar-refractivity contribution in [1.29, 1.82) is 0 Å². The Labute approximate surface area is 269 Å². The molecule has 1 aliphatic carbocycles. The van der Waals surface area contributed by atoms with Gasteiger partial charge in [-0.1, -0.05) is 91.0 Å². The number of hydrogen-bond donors (Lipinski definition) is 1. The highest BCUT2D eigenvalue weighted by Gasteiger charge is 2.34. The van der Waals surface area contributed by atoms with E-state index in [2.05, 4.69) is 5.32 Å². The first-order chi connectivity index (χ1) is 20.9. The van der Waals surface area contributed by atoms with E-state index in [0.717, 1.165) is 48.2 Å². The Morgan fingerprint density at radius 1 is 0.932 bits per heavy atom. The first kappa shape index (κ1) is 33.5. The van der Waals surface area contributed by atoms with Crippen LogP contribution in [0.25, 0.3) is 0 Å². The minimum Gasteiger partial charge on any atom is -0.352 e. The average Bonchev–Trinajstić information content (AvgIpc) is 2.99. The topological polar surface area (TPSA) is 104 Å². The van der Waals surface area contributed by atoms with Crippen molar-refractivity contribution in [2.45, 2.75) is 64.1 Å². The second kappa shape index (κ2) is 15.1. The fraction of sp³-hybridized carbons (Fsp3) is 0.364. The zero-order valence-electron chi connectivity index (χ0n) is 24.8. The third-order valence-electron chi connectivity index (χ3n) is 7.80. The maximum absolute atomic E-state index is 14.3. The van der Waals surface area contributed by atoms with Crippen molar-refractivity contribution in [3.05, 3.63) is 99.5 Å². The molecule has 234 valence electrons. The van der Waals surface area contributed by atoms with E-state index in [4.69, 9.17) is 23.2 Å². The lowest BCUT2D eigenvalue weighted by Gasteiger charge is -2.35. The van der Waals surface area contributed by atoms with Crippen molar-refractivity contribution in [2.75, 3.05) is 17.1 Å². The van der Waals surface area contributed by atoms with Crippen molar-refractivity contribution in [3.63, 3.8) is 0 Å². The van der Waals surface area contributed by atoms with E-state index in [1.54, 1.807) is 30.3 Å². The van der Waals surface area contributed by atoms with Crippen LogP contribution in [0.15, 0.2) is 72.8 Å². The van der Waals surface area contributed by atoms with Crippen molar-refractivity contribution < 1.29 is 22.8 Å². The van der Waals surface area contributed by atoms with Crippen LogP contribution in [0.1, 0.15) is 60.5 Å². The SMILES string of the molecule is CC(=O)c1cccc(N(CC(=O)N(Cc2ccc(Cl)cc2Cl)[C@H](Cc2ccccc2)C(=O)NC2CCCCC2)S(C)(=O)=O)c1. The Hall–Kier alpha value is -3.40. The summed E-state index contributed by atoms with van der Waals surface area (Å²) in [6.07, 6.45) is 6.06. The zero-order chi connectivity index (χ0) is 31.9. The molecule has 1 aliphatic rings. The predicted octanol–water partition coefficient (Wildman–Crippen LogP) is 6.05. The lowest BCUT2D eigenvalue weighted by Crippen LogP contribution is -2.55. The maximum atomic E-state index is 14.3. The molecule has 3 aromatic carbocycles. The molecule has 0 aromatic heterocycles. The molecule has 1 fully saturated rings. The third kappa shape index (κ3) is 9.06. The lowest BCUT2D eigenvalue weighted by atomic mass is 9.94. The smallest absolute Gasteiger partial charge is 0.244 e. The second-order valence-corrected chi connectivity index (χ2v) is 13.9. The van der Waals surface area contributed by atoms with Gasteiger partial charge in [-0.2, -0.15) is 0 Å². The molecule has 3 aromatic rings. The van der Waals surface area contributed by atoms with E-state index in [-0.39, 0.29) is 36.4 Å². The monoisotopic (exact) mass is 657 g/mol. The fourth-order valence-corrected chi connectivity index (χ4v) is 6.74. The van der Waals surface area contributed by atoms with Gasteiger partial charge < -0.3 is 10.2 Å². The Morgan fingerprint density at radius 3 is 2.27 bits per heavy atom. The minimum atomic E-state index is -3.97. The van der Waals surface area contributed by atoms with Crippen molar-refractivity contribution in [3.8, 4) is 0 Å². The molecule has 0 bridgehead atoms. The number of rotatable bonds is 12. The van der Waals surface area contributed by atoms with Gasteiger partial charge in [-0.25, -0.2) is 8.42 Å². The van der Waals surface area contributed by atoms with Crippen LogP contribution in [0.3, 0.4) is 0 Å². The Balaban J connectivity index is 1.76. The molecule has 1 N–H and O–H groups in total. The molecule has 44 heavy (non-hydrogen) atoms. The fourth-order valence-electron chi connectivity index (χ4n) is 5.43. The minimum absolute atomic E-state index is 0.00701. The van der Waals surface area contributed by atoms with E-state index in [1.807, 2.05) is 30.3 Å². The molecule has 4 rings (SSSR count). The summed E-state index contributed by atoms with van der Waals surface area (Å²) < 4.78 is 27.0. The molecule has 2 amide bonds. The molecule has 0 radical (unpaired) electrons. The summed E-state index contributed by atoms with van der Waals surface area (Å²) in [5.41, 5.74) is 1.87. The van der Waals surface area contributed by atoms with Crippen LogP contribution >= 0.6 is 23.2 Å². The molecular formula is C33H37Cl2N3O5S. The quantitative estimate of drug-likeness (QED) is 0.239. The largest absolute Gasteiger partial charge is 0.352 e. The van der Waals surface area contributed by atoms with Gasteiger partial charge in [0.15, 0.2) is 5.78 Å². The first-order valence-corrected chi connectivity index (χ1v) is 17.2. The molecule has 0 saturated heterocycles.